The molecule has 1 heterocycles. The summed E-state index contributed by atoms with van der Waals surface area (Å²) in [5.74, 6) is 1.48. The van der Waals surface area contributed by atoms with Crippen LogP contribution in [0.1, 0.15) is 39.9 Å². The molecule has 0 unspecified atom stereocenters. The van der Waals surface area contributed by atoms with Gasteiger partial charge in [-0.3, -0.25) is 0 Å². The van der Waals surface area contributed by atoms with Crippen molar-refractivity contribution >= 4 is 6.08 Å². The molecule has 21 heavy (non-hydrogen) atoms. The van der Waals surface area contributed by atoms with E-state index >= 15 is 0 Å². The zero-order chi connectivity index (χ0) is 15.0. The molecule has 108 valence electrons. The highest BCUT2D eigenvalue weighted by Gasteiger charge is 2.24. The van der Waals surface area contributed by atoms with Gasteiger partial charge in [0, 0.05) is 0 Å². The van der Waals surface area contributed by atoms with E-state index in [0.29, 0.717) is 5.92 Å². The molecule has 3 rings (SSSR count). The fourth-order valence-electron chi connectivity index (χ4n) is 3.06. The number of hydrogen-bond acceptors (Lipinski definition) is 1. The van der Waals surface area contributed by atoms with Gasteiger partial charge in [0.05, 0.1) is 6.26 Å². The molecule has 0 radical (unpaired) electrons. The Morgan fingerprint density at radius 3 is 2.67 bits per heavy atom. The van der Waals surface area contributed by atoms with Crippen LogP contribution in [0.25, 0.3) is 6.08 Å². The van der Waals surface area contributed by atoms with E-state index in [1.165, 1.54) is 33.4 Å². The van der Waals surface area contributed by atoms with Gasteiger partial charge in [-0.15, -0.1) is 0 Å². The Kier molecular flexibility index (Phi) is 3.59. The van der Waals surface area contributed by atoms with Gasteiger partial charge in [0.1, 0.15) is 5.76 Å². The van der Waals surface area contributed by atoms with Gasteiger partial charge in [-0.25, -0.2) is 0 Å². The molecule has 1 aromatic heterocycles. The minimum absolute atomic E-state index is 0.548. The fraction of sp³-hybridized carbons (Fsp3) is 0.300. The third-order valence-electron chi connectivity index (χ3n) is 4.26. The highest BCUT2D eigenvalue weighted by Crippen LogP contribution is 2.42. The van der Waals surface area contributed by atoms with Crippen LogP contribution in [0, 0.1) is 5.92 Å². The average Bonchev–Trinajstić information content (AvgIpc) is 2.98. The monoisotopic (exact) mass is 278 g/mol. The maximum atomic E-state index is 5.49. The lowest BCUT2D eigenvalue weighted by molar-refractivity contribution is 0.556. The van der Waals surface area contributed by atoms with E-state index in [-0.39, 0.29) is 0 Å². The van der Waals surface area contributed by atoms with Crippen LogP contribution in [0.3, 0.4) is 0 Å². The molecule has 0 atom stereocenters. The van der Waals surface area contributed by atoms with E-state index in [1.807, 2.05) is 12.1 Å². The molecule has 0 N–H and O–H groups in total. The molecule has 0 bridgehead atoms. The van der Waals surface area contributed by atoms with Crippen LogP contribution >= 0.6 is 0 Å². The zero-order valence-electron chi connectivity index (χ0n) is 13.2. The van der Waals surface area contributed by atoms with Crippen LogP contribution in [-0.2, 0) is 0 Å². The van der Waals surface area contributed by atoms with E-state index < -0.39 is 0 Å². The predicted molar refractivity (Wildman–Crippen MR) is 88.8 cm³/mol. The largest absolute Gasteiger partial charge is 0.465 e. The Morgan fingerprint density at radius 2 is 2.00 bits per heavy atom. The summed E-state index contributed by atoms with van der Waals surface area (Å²) < 4.78 is 5.49. The van der Waals surface area contributed by atoms with Crippen molar-refractivity contribution in [1.29, 1.82) is 0 Å². The van der Waals surface area contributed by atoms with E-state index in [2.05, 4.69) is 52.0 Å². The standard InChI is InChI=1S/C20H22O/c1-13(2)16-8-7-14(3)20-17(10-15(4)19(20)12-16)11-18-6-5-9-21-18/h5-9,11-13H,10H2,1-4H3/b17-11+. The minimum atomic E-state index is 0.548. The molecule has 1 nitrogen and oxygen atoms in total. The summed E-state index contributed by atoms with van der Waals surface area (Å²) in [7, 11) is 0. The van der Waals surface area contributed by atoms with Crippen molar-refractivity contribution in [2.24, 2.45) is 5.92 Å². The normalized spacial score (nSPS) is 20.4. The van der Waals surface area contributed by atoms with E-state index in [0.717, 1.165) is 12.2 Å². The maximum absolute atomic E-state index is 5.49. The van der Waals surface area contributed by atoms with Crippen molar-refractivity contribution in [2.45, 2.75) is 34.1 Å². The summed E-state index contributed by atoms with van der Waals surface area (Å²) in [5.41, 5.74) is 8.34. The molecule has 2 aliphatic carbocycles. The van der Waals surface area contributed by atoms with E-state index in [4.69, 9.17) is 4.42 Å². The summed E-state index contributed by atoms with van der Waals surface area (Å²) in [5, 5.41) is 0. The zero-order valence-corrected chi connectivity index (χ0v) is 13.2. The smallest absolute Gasteiger partial charge is 0.126 e. The van der Waals surface area contributed by atoms with Gasteiger partial charge in [-0.05, 0) is 72.3 Å². The molecule has 0 spiro atoms. The lowest BCUT2D eigenvalue weighted by Gasteiger charge is -2.08. The fourth-order valence-corrected chi connectivity index (χ4v) is 3.06. The maximum Gasteiger partial charge on any atom is 0.126 e. The van der Waals surface area contributed by atoms with Gasteiger partial charge in [-0.1, -0.05) is 37.6 Å². The number of fused-ring (bicyclic) bond motifs is 1. The minimum Gasteiger partial charge on any atom is -0.465 e. The Hall–Kier alpha value is -2.02. The van der Waals surface area contributed by atoms with Crippen LogP contribution in [0.2, 0.25) is 0 Å². The number of hydrogen-bond donors (Lipinski definition) is 0. The quantitative estimate of drug-likeness (QED) is 0.661. The SMILES string of the molecule is CC1=C2C(=C(C)C/C2=C\c2ccco2)C=C(C(C)C)C=C1. The molecule has 0 aromatic carbocycles. The van der Waals surface area contributed by atoms with E-state index in [9.17, 15) is 0 Å². The molecule has 1 heteroatoms. The average molecular weight is 278 g/mol. The van der Waals surface area contributed by atoms with Crippen molar-refractivity contribution in [2.75, 3.05) is 0 Å². The Labute approximate surface area is 127 Å². The van der Waals surface area contributed by atoms with Gasteiger partial charge in [0.2, 0.25) is 0 Å². The summed E-state index contributed by atoms with van der Waals surface area (Å²) in [6.45, 7) is 8.95. The lowest BCUT2D eigenvalue weighted by Crippen LogP contribution is -1.91. The Bertz CT molecular complexity index is 701. The molecule has 0 amide bonds. The van der Waals surface area contributed by atoms with Crippen LogP contribution in [0.4, 0.5) is 0 Å². The first kappa shape index (κ1) is 13.9. The first-order valence-corrected chi connectivity index (χ1v) is 7.61. The van der Waals surface area contributed by atoms with Gasteiger partial charge in [-0.2, -0.15) is 0 Å². The van der Waals surface area contributed by atoms with Crippen molar-refractivity contribution in [1.82, 2.24) is 0 Å². The molecular formula is C20H22O. The van der Waals surface area contributed by atoms with Crippen LogP contribution in [-0.4, -0.2) is 0 Å². The van der Waals surface area contributed by atoms with Gasteiger partial charge in [0.25, 0.3) is 0 Å². The van der Waals surface area contributed by atoms with Gasteiger partial charge >= 0.3 is 0 Å². The van der Waals surface area contributed by atoms with Crippen molar-refractivity contribution in [3.05, 3.63) is 75.8 Å². The topological polar surface area (TPSA) is 13.1 Å². The molecular weight excluding hydrogens is 256 g/mol. The van der Waals surface area contributed by atoms with Crippen LogP contribution in [0.15, 0.2) is 74.5 Å². The van der Waals surface area contributed by atoms with Gasteiger partial charge in [0.15, 0.2) is 0 Å². The number of rotatable bonds is 2. The van der Waals surface area contributed by atoms with Crippen molar-refractivity contribution in [3.8, 4) is 0 Å². The van der Waals surface area contributed by atoms with E-state index in [1.54, 1.807) is 6.26 Å². The highest BCUT2D eigenvalue weighted by molar-refractivity contribution is 5.72. The molecule has 0 aliphatic heterocycles. The summed E-state index contributed by atoms with van der Waals surface area (Å²) in [6.07, 6.45) is 11.8. The summed E-state index contributed by atoms with van der Waals surface area (Å²) in [4.78, 5) is 0. The first-order valence-electron chi connectivity index (χ1n) is 7.61. The van der Waals surface area contributed by atoms with Gasteiger partial charge < -0.3 is 4.42 Å². The number of allylic oxidation sites excluding steroid dienone is 9. The lowest BCUT2D eigenvalue weighted by atomic mass is 9.97. The second-order valence-electron chi connectivity index (χ2n) is 6.25. The second-order valence-corrected chi connectivity index (χ2v) is 6.25. The van der Waals surface area contributed by atoms with Crippen molar-refractivity contribution < 1.29 is 4.42 Å². The molecule has 0 saturated carbocycles. The predicted octanol–water partition coefficient (Wildman–Crippen LogP) is 5.85. The van der Waals surface area contributed by atoms with Crippen molar-refractivity contribution in [3.63, 3.8) is 0 Å². The molecule has 1 aromatic rings. The third kappa shape index (κ3) is 2.61. The van der Waals surface area contributed by atoms with Crippen LogP contribution < -0.4 is 0 Å². The third-order valence-corrected chi connectivity index (χ3v) is 4.26. The summed E-state index contributed by atoms with van der Waals surface area (Å²) in [6, 6.07) is 3.95. The Balaban J connectivity index is 2.09. The second kappa shape index (κ2) is 5.40. The molecule has 2 aliphatic rings. The summed E-state index contributed by atoms with van der Waals surface area (Å²) >= 11 is 0. The Morgan fingerprint density at radius 1 is 1.19 bits per heavy atom. The van der Waals surface area contributed by atoms with Crippen LogP contribution in [0.5, 0.6) is 0 Å². The first-order chi connectivity index (χ1) is 10.1. The number of furan rings is 1. The molecule has 0 fully saturated rings. The highest BCUT2D eigenvalue weighted by atomic mass is 16.3. The molecule has 0 saturated heterocycles.